The third-order valence-electron chi connectivity index (χ3n) is 4.47. The van der Waals surface area contributed by atoms with Crippen LogP contribution in [0.3, 0.4) is 0 Å². The number of nitrogens with one attached hydrogen (secondary N) is 1. The molecule has 1 fully saturated rings. The molecule has 0 aromatic heterocycles. The molecule has 1 aromatic rings. The van der Waals surface area contributed by atoms with Crippen molar-refractivity contribution in [2.24, 2.45) is 11.3 Å². The van der Waals surface area contributed by atoms with E-state index in [9.17, 15) is 5.26 Å². The molecule has 3 heteroatoms. The van der Waals surface area contributed by atoms with Gasteiger partial charge >= 0.3 is 0 Å². The summed E-state index contributed by atoms with van der Waals surface area (Å²) in [6, 6.07) is 10.8. The molecule has 0 bridgehead atoms. The van der Waals surface area contributed by atoms with Gasteiger partial charge in [0.15, 0.2) is 0 Å². The lowest BCUT2D eigenvalue weighted by Gasteiger charge is -2.34. The van der Waals surface area contributed by atoms with Crippen LogP contribution in [-0.2, 0) is 0 Å². The Kier molecular flexibility index (Phi) is 3.04. The van der Waals surface area contributed by atoms with Gasteiger partial charge in [-0.3, -0.25) is 0 Å². The van der Waals surface area contributed by atoms with E-state index in [2.05, 4.69) is 35.7 Å². The molecule has 0 radical (unpaired) electrons. The first kappa shape index (κ1) is 12.3. The van der Waals surface area contributed by atoms with Gasteiger partial charge < -0.3 is 10.1 Å². The predicted octanol–water partition coefficient (Wildman–Crippen LogP) is 2.82. The molecule has 0 amide bonds. The highest BCUT2D eigenvalue weighted by molar-refractivity contribution is 5.35. The Labute approximate surface area is 113 Å². The van der Waals surface area contributed by atoms with Crippen LogP contribution in [0.2, 0.25) is 0 Å². The first-order valence-corrected chi connectivity index (χ1v) is 6.75. The van der Waals surface area contributed by atoms with Crippen LogP contribution in [0.5, 0.6) is 5.75 Å². The minimum Gasteiger partial charge on any atom is -0.497 e. The van der Waals surface area contributed by atoms with Crippen molar-refractivity contribution in [2.75, 3.05) is 13.7 Å². The van der Waals surface area contributed by atoms with Crippen LogP contribution in [-0.4, -0.2) is 13.7 Å². The fourth-order valence-corrected chi connectivity index (χ4v) is 3.39. The molecule has 1 saturated heterocycles. The normalized spacial score (nSPS) is 32.6. The number of ether oxygens (including phenoxy) is 1. The number of methoxy groups -OCH3 is 1. The molecule has 98 valence electrons. The van der Waals surface area contributed by atoms with Gasteiger partial charge in [-0.05, 0) is 30.5 Å². The minimum atomic E-state index is -0.288. The number of hydrogen-bond acceptors (Lipinski definition) is 3. The fraction of sp³-hybridized carbons (Fsp3) is 0.438. The molecule has 19 heavy (non-hydrogen) atoms. The third kappa shape index (κ3) is 1.84. The SMILES string of the molecule is COc1ccc([C@@H]2NC[C@H]3C=CCC[C@@]32C#N)cc1. The molecule has 1 aliphatic heterocycles. The van der Waals surface area contributed by atoms with Gasteiger partial charge in [-0.25, -0.2) is 0 Å². The number of benzene rings is 1. The number of nitrogens with zero attached hydrogens (tertiary/aromatic N) is 1. The number of fused-ring (bicyclic) bond motifs is 1. The molecular formula is C16H18N2O. The average Bonchev–Trinajstić information content (AvgIpc) is 2.87. The Bertz CT molecular complexity index is 529. The smallest absolute Gasteiger partial charge is 0.118 e. The lowest BCUT2D eigenvalue weighted by Crippen LogP contribution is -2.32. The predicted molar refractivity (Wildman–Crippen MR) is 73.6 cm³/mol. The summed E-state index contributed by atoms with van der Waals surface area (Å²) in [5, 5.41) is 13.3. The number of allylic oxidation sites excluding steroid dienone is 1. The quantitative estimate of drug-likeness (QED) is 0.825. The zero-order valence-electron chi connectivity index (χ0n) is 11.1. The van der Waals surface area contributed by atoms with Crippen LogP contribution < -0.4 is 10.1 Å². The monoisotopic (exact) mass is 254 g/mol. The molecule has 3 nitrogen and oxygen atoms in total. The number of hydrogen-bond donors (Lipinski definition) is 1. The second kappa shape index (κ2) is 4.71. The summed E-state index contributed by atoms with van der Waals surface area (Å²) in [7, 11) is 1.67. The Morgan fingerprint density at radius 2 is 2.16 bits per heavy atom. The molecule has 1 aromatic carbocycles. The molecule has 1 aliphatic carbocycles. The van der Waals surface area contributed by atoms with Crippen LogP contribution in [0.25, 0.3) is 0 Å². The molecule has 0 spiro atoms. The summed E-state index contributed by atoms with van der Waals surface area (Å²) in [6.45, 7) is 0.890. The molecule has 1 heterocycles. The molecule has 3 rings (SSSR count). The molecule has 0 saturated carbocycles. The highest BCUT2D eigenvalue weighted by atomic mass is 16.5. The maximum Gasteiger partial charge on any atom is 0.118 e. The lowest BCUT2D eigenvalue weighted by molar-refractivity contribution is 0.265. The van der Waals surface area contributed by atoms with Crippen LogP contribution >= 0.6 is 0 Å². The topological polar surface area (TPSA) is 45.0 Å². The first-order chi connectivity index (χ1) is 9.30. The Balaban J connectivity index is 1.96. The van der Waals surface area contributed by atoms with Crippen molar-refractivity contribution in [3.63, 3.8) is 0 Å². The van der Waals surface area contributed by atoms with Gasteiger partial charge in [0.25, 0.3) is 0 Å². The largest absolute Gasteiger partial charge is 0.497 e. The van der Waals surface area contributed by atoms with Crippen molar-refractivity contribution in [2.45, 2.75) is 18.9 Å². The summed E-state index contributed by atoms with van der Waals surface area (Å²) in [6.07, 6.45) is 6.36. The van der Waals surface area contributed by atoms with E-state index in [1.807, 2.05) is 12.1 Å². The van der Waals surface area contributed by atoms with E-state index in [4.69, 9.17) is 4.74 Å². The first-order valence-electron chi connectivity index (χ1n) is 6.75. The molecule has 0 unspecified atom stereocenters. The van der Waals surface area contributed by atoms with Crippen LogP contribution in [0, 0.1) is 22.7 Å². The lowest BCUT2D eigenvalue weighted by atomic mass is 9.67. The van der Waals surface area contributed by atoms with E-state index in [0.717, 1.165) is 25.1 Å². The maximum absolute atomic E-state index is 9.74. The van der Waals surface area contributed by atoms with Gasteiger partial charge in [0.2, 0.25) is 0 Å². The summed E-state index contributed by atoms with van der Waals surface area (Å²) in [5.74, 6) is 1.19. The van der Waals surface area contributed by atoms with Gasteiger partial charge in [-0.15, -0.1) is 0 Å². The van der Waals surface area contributed by atoms with E-state index in [1.54, 1.807) is 7.11 Å². The van der Waals surface area contributed by atoms with Crippen LogP contribution in [0.4, 0.5) is 0 Å². The molecule has 1 N–H and O–H groups in total. The second-order valence-electron chi connectivity index (χ2n) is 5.34. The van der Waals surface area contributed by atoms with Gasteiger partial charge in [0.1, 0.15) is 5.75 Å². The summed E-state index contributed by atoms with van der Waals surface area (Å²) < 4.78 is 5.19. The van der Waals surface area contributed by atoms with Crippen LogP contribution in [0.1, 0.15) is 24.4 Å². The third-order valence-corrected chi connectivity index (χ3v) is 4.47. The molecule has 2 aliphatic rings. The highest BCUT2D eigenvalue weighted by Gasteiger charge is 2.50. The number of nitriles is 1. The molecule has 3 atom stereocenters. The minimum absolute atomic E-state index is 0.123. The zero-order chi connectivity index (χ0) is 13.3. The van der Waals surface area contributed by atoms with E-state index in [1.165, 1.54) is 5.56 Å². The van der Waals surface area contributed by atoms with Gasteiger partial charge in [-0.1, -0.05) is 24.3 Å². The van der Waals surface area contributed by atoms with E-state index in [-0.39, 0.29) is 11.5 Å². The standard InChI is InChI=1S/C16H18N2O/c1-19-14-7-5-12(6-8-14)15-16(11-17)9-3-2-4-13(16)10-18-15/h2,4-8,13,15,18H,3,9-10H2,1H3/t13-,15+,16-/m1/s1. The zero-order valence-corrected chi connectivity index (χ0v) is 11.1. The maximum atomic E-state index is 9.74. The van der Waals surface area contributed by atoms with Crippen molar-refractivity contribution in [1.29, 1.82) is 5.26 Å². The van der Waals surface area contributed by atoms with Gasteiger partial charge in [0, 0.05) is 12.5 Å². The summed E-state index contributed by atoms with van der Waals surface area (Å²) in [4.78, 5) is 0. The second-order valence-corrected chi connectivity index (χ2v) is 5.34. The van der Waals surface area contributed by atoms with Crippen molar-refractivity contribution in [3.8, 4) is 11.8 Å². The Morgan fingerprint density at radius 3 is 2.84 bits per heavy atom. The summed E-state index contributed by atoms with van der Waals surface area (Å²) in [5.41, 5.74) is 0.892. The van der Waals surface area contributed by atoms with Crippen molar-refractivity contribution < 1.29 is 4.74 Å². The van der Waals surface area contributed by atoms with Crippen molar-refractivity contribution >= 4 is 0 Å². The van der Waals surface area contributed by atoms with Gasteiger partial charge in [-0.2, -0.15) is 5.26 Å². The van der Waals surface area contributed by atoms with E-state index < -0.39 is 0 Å². The average molecular weight is 254 g/mol. The van der Waals surface area contributed by atoms with Gasteiger partial charge in [0.05, 0.1) is 24.6 Å². The highest BCUT2D eigenvalue weighted by Crippen LogP contribution is 2.50. The number of rotatable bonds is 2. The summed E-state index contributed by atoms with van der Waals surface area (Å²) >= 11 is 0. The van der Waals surface area contributed by atoms with Crippen molar-refractivity contribution in [3.05, 3.63) is 42.0 Å². The van der Waals surface area contributed by atoms with E-state index >= 15 is 0 Å². The van der Waals surface area contributed by atoms with Crippen molar-refractivity contribution in [1.82, 2.24) is 5.32 Å². The Morgan fingerprint density at radius 1 is 1.37 bits per heavy atom. The molecular weight excluding hydrogens is 236 g/mol. The van der Waals surface area contributed by atoms with E-state index in [0.29, 0.717) is 5.92 Å². The Hall–Kier alpha value is -1.79. The fourth-order valence-electron chi connectivity index (χ4n) is 3.39. The van der Waals surface area contributed by atoms with Crippen LogP contribution in [0.15, 0.2) is 36.4 Å².